The minimum atomic E-state index is 0.0399. The Morgan fingerprint density at radius 3 is 2.86 bits per heavy atom. The molecule has 118 valence electrons. The highest BCUT2D eigenvalue weighted by Crippen LogP contribution is 2.20. The van der Waals surface area contributed by atoms with Crippen LogP contribution in [0.1, 0.15) is 25.3 Å². The second kappa shape index (κ2) is 6.97. The molecule has 0 bridgehead atoms. The van der Waals surface area contributed by atoms with Gasteiger partial charge in [-0.25, -0.2) is 0 Å². The predicted octanol–water partition coefficient (Wildman–Crippen LogP) is 2.32. The Bertz CT molecular complexity index is 541. The van der Waals surface area contributed by atoms with Gasteiger partial charge in [-0.15, -0.1) is 0 Å². The van der Waals surface area contributed by atoms with Crippen molar-refractivity contribution in [3.05, 3.63) is 47.7 Å². The number of ether oxygens (including phenoxy) is 1. The number of rotatable bonds is 4. The molecule has 4 heteroatoms. The summed E-state index contributed by atoms with van der Waals surface area (Å²) >= 11 is 0. The number of nitrogens with zero attached hydrogens (tertiary/aromatic N) is 1. The van der Waals surface area contributed by atoms with Gasteiger partial charge in [-0.2, -0.15) is 0 Å². The Kier molecular flexibility index (Phi) is 4.78. The third-order valence-electron chi connectivity index (χ3n) is 4.48. The van der Waals surface area contributed by atoms with Gasteiger partial charge in [0.25, 0.3) is 5.91 Å². The third kappa shape index (κ3) is 3.69. The molecule has 22 heavy (non-hydrogen) atoms. The van der Waals surface area contributed by atoms with Gasteiger partial charge in [-0.1, -0.05) is 37.3 Å². The molecule has 1 aromatic rings. The molecule has 1 fully saturated rings. The van der Waals surface area contributed by atoms with E-state index in [-0.39, 0.29) is 11.9 Å². The van der Waals surface area contributed by atoms with Gasteiger partial charge < -0.3 is 10.1 Å². The van der Waals surface area contributed by atoms with Crippen molar-refractivity contribution < 1.29 is 9.53 Å². The molecular weight excluding hydrogens is 276 g/mol. The fourth-order valence-electron chi connectivity index (χ4n) is 3.22. The Morgan fingerprint density at radius 1 is 1.32 bits per heavy atom. The van der Waals surface area contributed by atoms with E-state index in [1.807, 2.05) is 6.07 Å². The molecule has 0 spiro atoms. The Hall–Kier alpha value is -1.81. The van der Waals surface area contributed by atoms with Crippen LogP contribution in [0.15, 0.2) is 42.2 Å². The lowest BCUT2D eigenvalue weighted by Gasteiger charge is -2.19. The second-order valence-electron chi connectivity index (χ2n) is 6.35. The summed E-state index contributed by atoms with van der Waals surface area (Å²) in [5, 5.41) is 3.19. The largest absolute Gasteiger partial charge is 0.501 e. The lowest BCUT2D eigenvalue weighted by atomic mass is 10.0. The number of nitrogens with one attached hydrogen (secondary N) is 1. The quantitative estimate of drug-likeness (QED) is 0.928. The van der Waals surface area contributed by atoms with E-state index < -0.39 is 0 Å². The monoisotopic (exact) mass is 300 g/mol. The average molecular weight is 300 g/mol. The van der Waals surface area contributed by atoms with Crippen molar-refractivity contribution in [3.63, 3.8) is 0 Å². The SMILES string of the molecule is C[C@@H]1CN(Cc2ccccc2)C[C@H]1NC(=O)C1=COCCC1. The number of amides is 1. The zero-order valence-corrected chi connectivity index (χ0v) is 13.1. The van der Waals surface area contributed by atoms with Gasteiger partial charge in [-0.3, -0.25) is 9.69 Å². The van der Waals surface area contributed by atoms with Crippen LogP contribution >= 0.6 is 0 Å². The zero-order chi connectivity index (χ0) is 15.4. The lowest BCUT2D eigenvalue weighted by molar-refractivity contribution is -0.118. The molecule has 0 saturated carbocycles. The number of carbonyl (C=O) groups excluding carboxylic acids is 1. The summed E-state index contributed by atoms with van der Waals surface area (Å²) in [7, 11) is 0. The molecule has 1 amide bonds. The number of likely N-dealkylation sites (tertiary alicyclic amines) is 1. The molecule has 0 aromatic heterocycles. The predicted molar refractivity (Wildman–Crippen MR) is 86.1 cm³/mol. The van der Waals surface area contributed by atoms with Gasteiger partial charge in [-0.05, 0) is 24.3 Å². The van der Waals surface area contributed by atoms with E-state index in [0.717, 1.165) is 44.7 Å². The highest BCUT2D eigenvalue weighted by atomic mass is 16.5. The highest BCUT2D eigenvalue weighted by molar-refractivity contribution is 5.93. The molecule has 2 atom stereocenters. The van der Waals surface area contributed by atoms with Crippen LogP contribution < -0.4 is 5.32 Å². The van der Waals surface area contributed by atoms with Crippen LogP contribution in [-0.4, -0.2) is 36.5 Å². The summed E-state index contributed by atoms with van der Waals surface area (Å²) in [5.74, 6) is 0.510. The van der Waals surface area contributed by atoms with Crippen molar-refractivity contribution in [2.24, 2.45) is 5.92 Å². The van der Waals surface area contributed by atoms with Gasteiger partial charge in [0.05, 0.1) is 18.4 Å². The fraction of sp³-hybridized carbons (Fsp3) is 0.500. The molecular formula is C18H24N2O2. The van der Waals surface area contributed by atoms with Crippen LogP contribution in [0.3, 0.4) is 0 Å². The minimum absolute atomic E-state index is 0.0399. The van der Waals surface area contributed by atoms with Crippen molar-refractivity contribution in [2.75, 3.05) is 19.7 Å². The fourth-order valence-corrected chi connectivity index (χ4v) is 3.22. The van der Waals surface area contributed by atoms with E-state index in [2.05, 4.69) is 41.4 Å². The maximum Gasteiger partial charge on any atom is 0.250 e. The van der Waals surface area contributed by atoms with E-state index >= 15 is 0 Å². The Balaban J connectivity index is 1.54. The molecule has 2 heterocycles. The topological polar surface area (TPSA) is 41.6 Å². The van der Waals surface area contributed by atoms with E-state index in [9.17, 15) is 4.79 Å². The first kappa shape index (κ1) is 15.1. The lowest BCUT2D eigenvalue weighted by Crippen LogP contribution is -2.40. The van der Waals surface area contributed by atoms with Crippen LogP contribution in [-0.2, 0) is 16.1 Å². The first-order chi connectivity index (χ1) is 10.7. The Labute approximate surface area is 132 Å². The summed E-state index contributed by atoms with van der Waals surface area (Å²) < 4.78 is 5.26. The van der Waals surface area contributed by atoms with Crippen LogP contribution in [0.2, 0.25) is 0 Å². The normalized spacial score (nSPS) is 25.4. The minimum Gasteiger partial charge on any atom is -0.501 e. The summed E-state index contributed by atoms with van der Waals surface area (Å²) in [4.78, 5) is 14.7. The van der Waals surface area contributed by atoms with Gasteiger partial charge >= 0.3 is 0 Å². The van der Waals surface area contributed by atoms with E-state index in [1.165, 1.54) is 5.56 Å². The van der Waals surface area contributed by atoms with Crippen molar-refractivity contribution in [1.29, 1.82) is 0 Å². The molecule has 3 rings (SSSR count). The molecule has 1 N–H and O–H groups in total. The van der Waals surface area contributed by atoms with Gasteiger partial charge in [0.15, 0.2) is 0 Å². The molecule has 0 aliphatic carbocycles. The van der Waals surface area contributed by atoms with Gasteiger partial charge in [0, 0.05) is 25.7 Å². The number of carbonyl (C=O) groups is 1. The van der Waals surface area contributed by atoms with Crippen molar-refractivity contribution >= 4 is 5.91 Å². The summed E-state index contributed by atoms with van der Waals surface area (Å²) in [6.45, 7) is 5.82. The number of hydrogen-bond donors (Lipinski definition) is 1. The molecule has 0 radical (unpaired) electrons. The molecule has 4 nitrogen and oxygen atoms in total. The first-order valence-electron chi connectivity index (χ1n) is 8.10. The summed E-state index contributed by atoms with van der Waals surface area (Å²) in [5.41, 5.74) is 2.10. The summed E-state index contributed by atoms with van der Waals surface area (Å²) in [6.07, 6.45) is 3.38. The van der Waals surface area contributed by atoms with Crippen molar-refractivity contribution in [1.82, 2.24) is 10.2 Å². The van der Waals surface area contributed by atoms with E-state index in [0.29, 0.717) is 5.92 Å². The molecule has 2 aliphatic heterocycles. The molecule has 1 saturated heterocycles. The molecule has 0 unspecified atom stereocenters. The van der Waals surface area contributed by atoms with E-state index in [1.54, 1.807) is 6.26 Å². The van der Waals surface area contributed by atoms with Crippen LogP contribution in [0, 0.1) is 5.92 Å². The average Bonchev–Trinajstić information content (AvgIpc) is 2.88. The Morgan fingerprint density at radius 2 is 2.14 bits per heavy atom. The van der Waals surface area contributed by atoms with E-state index in [4.69, 9.17) is 4.74 Å². The zero-order valence-electron chi connectivity index (χ0n) is 13.1. The first-order valence-corrected chi connectivity index (χ1v) is 8.10. The van der Waals surface area contributed by atoms with Crippen molar-refractivity contribution in [2.45, 2.75) is 32.4 Å². The van der Waals surface area contributed by atoms with Crippen LogP contribution in [0.4, 0.5) is 0 Å². The number of hydrogen-bond acceptors (Lipinski definition) is 3. The standard InChI is InChI=1S/C18H24N2O2/c1-14-10-20(11-15-6-3-2-4-7-15)12-17(14)19-18(21)16-8-5-9-22-13-16/h2-4,6-7,13-14,17H,5,8-12H2,1H3,(H,19,21)/t14-,17-/m1/s1. The summed E-state index contributed by atoms with van der Waals surface area (Å²) in [6, 6.07) is 10.7. The van der Waals surface area contributed by atoms with Crippen molar-refractivity contribution in [3.8, 4) is 0 Å². The maximum absolute atomic E-state index is 12.3. The van der Waals surface area contributed by atoms with Crippen LogP contribution in [0.25, 0.3) is 0 Å². The smallest absolute Gasteiger partial charge is 0.250 e. The maximum atomic E-state index is 12.3. The third-order valence-corrected chi connectivity index (χ3v) is 4.48. The highest BCUT2D eigenvalue weighted by Gasteiger charge is 2.31. The van der Waals surface area contributed by atoms with Crippen LogP contribution in [0.5, 0.6) is 0 Å². The van der Waals surface area contributed by atoms with Gasteiger partial charge in [0.2, 0.25) is 0 Å². The van der Waals surface area contributed by atoms with Gasteiger partial charge in [0.1, 0.15) is 0 Å². The molecule has 2 aliphatic rings. The second-order valence-corrected chi connectivity index (χ2v) is 6.35. The molecule has 1 aromatic carbocycles. The number of benzene rings is 1.